The summed E-state index contributed by atoms with van der Waals surface area (Å²) >= 11 is 7.27. The van der Waals surface area contributed by atoms with Gasteiger partial charge in [0.15, 0.2) is 5.11 Å². The number of ether oxygens (including phenoxy) is 1. The first-order chi connectivity index (χ1) is 14.5. The van der Waals surface area contributed by atoms with Gasteiger partial charge in [-0.1, -0.05) is 18.2 Å². The van der Waals surface area contributed by atoms with Crippen LogP contribution < -0.4 is 10.1 Å². The van der Waals surface area contributed by atoms with Crippen LogP contribution in [0.15, 0.2) is 64.4 Å². The first kappa shape index (κ1) is 22.9. The molecular weight excluding hydrogens is 438 g/mol. The Morgan fingerprint density at radius 2 is 1.73 bits per heavy atom. The molecule has 0 spiro atoms. The lowest BCUT2D eigenvalue weighted by Gasteiger charge is -2.35. The third-order valence-corrected chi connectivity index (χ3v) is 8.02. The largest absolute Gasteiger partial charge is 0.494 e. The van der Waals surface area contributed by atoms with Crippen molar-refractivity contribution < 1.29 is 13.2 Å². The van der Waals surface area contributed by atoms with Crippen molar-refractivity contribution in [1.29, 1.82) is 0 Å². The maximum absolute atomic E-state index is 12.9. The minimum Gasteiger partial charge on any atom is -0.494 e. The predicted molar refractivity (Wildman–Crippen MR) is 126 cm³/mol. The summed E-state index contributed by atoms with van der Waals surface area (Å²) < 4.78 is 32.7. The van der Waals surface area contributed by atoms with Crippen LogP contribution in [0.5, 0.6) is 5.75 Å². The highest BCUT2D eigenvalue weighted by Crippen LogP contribution is 2.21. The summed E-state index contributed by atoms with van der Waals surface area (Å²) in [6, 6.07) is 16.8. The van der Waals surface area contributed by atoms with Crippen molar-refractivity contribution in [2.45, 2.75) is 16.7 Å². The van der Waals surface area contributed by atoms with E-state index in [1.165, 1.54) is 9.20 Å². The molecule has 3 rings (SSSR count). The van der Waals surface area contributed by atoms with Crippen LogP contribution in [0.3, 0.4) is 0 Å². The quantitative estimate of drug-likeness (QED) is 0.365. The summed E-state index contributed by atoms with van der Waals surface area (Å²) in [7, 11) is -3.51. The second-order valence-electron chi connectivity index (χ2n) is 6.69. The molecule has 0 aromatic heterocycles. The average Bonchev–Trinajstić information content (AvgIpc) is 2.78. The van der Waals surface area contributed by atoms with Gasteiger partial charge in [-0.15, -0.1) is 11.8 Å². The molecule has 0 unspecified atom stereocenters. The average molecular weight is 466 g/mol. The standard InChI is InChI=1S/C21H27N3O3S3/c1-2-27-18-8-10-20(11-9-18)30(25,26)24-15-13-23(14-16-24)21(28)22-12-17-29-19-6-4-3-5-7-19/h3-11H,2,12-17H2,1H3,(H,22,28). The molecule has 30 heavy (non-hydrogen) atoms. The molecule has 0 radical (unpaired) electrons. The molecule has 2 aromatic carbocycles. The Balaban J connectivity index is 1.44. The Bertz CT molecular complexity index is 914. The molecule has 0 atom stereocenters. The number of rotatable bonds is 8. The number of hydrogen-bond donors (Lipinski definition) is 1. The lowest BCUT2D eigenvalue weighted by Crippen LogP contribution is -2.53. The Labute approximate surface area is 188 Å². The smallest absolute Gasteiger partial charge is 0.243 e. The molecule has 0 amide bonds. The summed E-state index contributed by atoms with van der Waals surface area (Å²) in [5.74, 6) is 1.58. The van der Waals surface area contributed by atoms with Crippen molar-refractivity contribution in [3.05, 3.63) is 54.6 Å². The van der Waals surface area contributed by atoms with Crippen LogP contribution in [0.2, 0.25) is 0 Å². The van der Waals surface area contributed by atoms with E-state index in [0.717, 1.165) is 12.3 Å². The molecule has 1 heterocycles. The fraction of sp³-hybridized carbons (Fsp3) is 0.381. The van der Waals surface area contributed by atoms with E-state index in [2.05, 4.69) is 17.4 Å². The molecule has 2 aromatic rings. The van der Waals surface area contributed by atoms with Crippen LogP contribution in [0, 0.1) is 0 Å². The van der Waals surface area contributed by atoms with Crippen molar-refractivity contribution in [2.24, 2.45) is 0 Å². The Morgan fingerprint density at radius 1 is 1.07 bits per heavy atom. The van der Waals surface area contributed by atoms with Crippen LogP contribution in [0.25, 0.3) is 0 Å². The lowest BCUT2D eigenvalue weighted by atomic mass is 10.3. The molecule has 0 saturated carbocycles. The minimum atomic E-state index is -3.51. The maximum Gasteiger partial charge on any atom is 0.243 e. The first-order valence-electron chi connectivity index (χ1n) is 9.94. The monoisotopic (exact) mass is 465 g/mol. The van der Waals surface area contributed by atoms with Gasteiger partial charge in [0.25, 0.3) is 0 Å². The van der Waals surface area contributed by atoms with Crippen LogP contribution in [0.1, 0.15) is 6.92 Å². The van der Waals surface area contributed by atoms with Crippen LogP contribution in [-0.2, 0) is 10.0 Å². The SMILES string of the molecule is CCOc1ccc(S(=O)(=O)N2CCN(C(=S)NCCSc3ccccc3)CC2)cc1. The molecule has 9 heteroatoms. The van der Waals surface area contributed by atoms with Gasteiger partial charge in [0.05, 0.1) is 11.5 Å². The predicted octanol–water partition coefficient (Wildman–Crippen LogP) is 3.06. The van der Waals surface area contributed by atoms with E-state index in [1.807, 2.05) is 30.0 Å². The summed E-state index contributed by atoms with van der Waals surface area (Å²) in [5, 5.41) is 3.96. The Hall–Kier alpha value is -1.81. The second kappa shape index (κ2) is 11.0. The molecule has 1 aliphatic rings. The van der Waals surface area contributed by atoms with Crippen molar-refractivity contribution >= 4 is 39.1 Å². The number of thioether (sulfide) groups is 1. The van der Waals surface area contributed by atoms with Crippen LogP contribution in [0.4, 0.5) is 0 Å². The molecular formula is C21H27N3O3S3. The van der Waals surface area contributed by atoms with Gasteiger partial charge in [-0.25, -0.2) is 8.42 Å². The van der Waals surface area contributed by atoms with Crippen LogP contribution in [-0.4, -0.2) is 67.8 Å². The van der Waals surface area contributed by atoms with Gasteiger partial charge in [0, 0.05) is 43.4 Å². The van der Waals surface area contributed by atoms with Gasteiger partial charge in [0.2, 0.25) is 10.0 Å². The zero-order valence-electron chi connectivity index (χ0n) is 17.0. The van der Waals surface area contributed by atoms with Crippen molar-refractivity contribution in [2.75, 3.05) is 45.1 Å². The number of benzene rings is 2. The number of thiocarbonyl (C=S) groups is 1. The summed E-state index contributed by atoms with van der Waals surface area (Å²) in [6.45, 7) is 5.19. The second-order valence-corrected chi connectivity index (χ2v) is 10.2. The number of hydrogen-bond acceptors (Lipinski definition) is 5. The van der Waals surface area contributed by atoms with Gasteiger partial charge in [-0.2, -0.15) is 4.31 Å². The summed E-state index contributed by atoms with van der Waals surface area (Å²) in [5.41, 5.74) is 0. The van der Waals surface area contributed by atoms with E-state index < -0.39 is 10.0 Å². The van der Waals surface area contributed by atoms with E-state index in [4.69, 9.17) is 17.0 Å². The van der Waals surface area contributed by atoms with Gasteiger partial charge < -0.3 is 15.0 Å². The van der Waals surface area contributed by atoms with E-state index in [1.54, 1.807) is 36.0 Å². The molecule has 1 N–H and O–H groups in total. The van der Waals surface area contributed by atoms with E-state index in [-0.39, 0.29) is 4.90 Å². The normalized spacial score (nSPS) is 15.0. The third-order valence-electron chi connectivity index (χ3n) is 4.69. The van der Waals surface area contributed by atoms with Gasteiger partial charge in [0.1, 0.15) is 5.75 Å². The first-order valence-corrected chi connectivity index (χ1v) is 12.8. The fourth-order valence-corrected chi connectivity index (χ4v) is 5.61. The van der Waals surface area contributed by atoms with Crippen molar-refractivity contribution in [3.63, 3.8) is 0 Å². The zero-order chi connectivity index (χ0) is 21.4. The number of nitrogens with zero attached hydrogens (tertiary/aromatic N) is 2. The molecule has 162 valence electrons. The molecule has 0 aliphatic carbocycles. The fourth-order valence-electron chi connectivity index (χ4n) is 3.11. The van der Waals surface area contributed by atoms with Crippen LogP contribution >= 0.6 is 24.0 Å². The molecule has 1 fully saturated rings. The summed E-state index contributed by atoms with van der Waals surface area (Å²) in [4.78, 5) is 3.56. The minimum absolute atomic E-state index is 0.290. The zero-order valence-corrected chi connectivity index (χ0v) is 19.4. The third kappa shape index (κ3) is 6.10. The Morgan fingerprint density at radius 3 is 2.37 bits per heavy atom. The Kier molecular flexibility index (Phi) is 8.38. The van der Waals surface area contributed by atoms with Crippen molar-refractivity contribution in [3.8, 4) is 5.75 Å². The topological polar surface area (TPSA) is 61.9 Å². The summed E-state index contributed by atoms with van der Waals surface area (Å²) in [6.07, 6.45) is 0. The highest BCUT2D eigenvalue weighted by atomic mass is 32.2. The highest BCUT2D eigenvalue weighted by molar-refractivity contribution is 7.99. The number of piperazine rings is 1. The maximum atomic E-state index is 12.9. The van der Waals surface area contributed by atoms with Gasteiger partial charge in [-0.05, 0) is 55.5 Å². The molecule has 0 bridgehead atoms. The van der Waals surface area contributed by atoms with Gasteiger partial charge >= 0.3 is 0 Å². The molecule has 1 aliphatic heterocycles. The van der Waals surface area contributed by atoms with Gasteiger partial charge in [-0.3, -0.25) is 0 Å². The number of nitrogens with one attached hydrogen (secondary N) is 1. The lowest BCUT2D eigenvalue weighted by molar-refractivity contribution is 0.264. The van der Waals surface area contributed by atoms with E-state index in [0.29, 0.717) is 43.6 Å². The molecule has 1 saturated heterocycles. The highest BCUT2D eigenvalue weighted by Gasteiger charge is 2.29. The van der Waals surface area contributed by atoms with Crippen molar-refractivity contribution in [1.82, 2.24) is 14.5 Å². The van der Waals surface area contributed by atoms with E-state index in [9.17, 15) is 8.42 Å². The van der Waals surface area contributed by atoms with E-state index >= 15 is 0 Å². The number of sulfonamides is 1. The molecule has 6 nitrogen and oxygen atoms in total.